The Balaban J connectivity index is 1.51. The molecule has 1 fully saturated rings. The Kier molecular flexibility index (Phi) is 5.52. The van der Waals surface area contributed by atoms with Crippen molar-refractivity contribution in [3.63, 3.8) is 0 Å². The average Bonchev–Trinajstić information content (AvgIpc) is 3.49. The molecule has 0 spiro atoms. The monoisotopic (exact) mass is 470 g/mol. The van der Waals surface area contributed by atoms with Crippen LogP contribution in [-0.2, 0) is 21.4 Å². The summed E-state index contributed by atoms with van der Waals surface area (Å²) in [7, 11) is -3.87. The van der Waals surface area contributed by atoms with Gasteiger partial charge in [-0.1, -0.05) is 6.07 Å². The van der Waals surface area contributed by atoms with E-state index in [1.54, 1.807) is 47.4 Å². The lowest BCUT2D eigenvalue weighted by molar-refractivity contribution is -0.117. The third-order valence-electron chi connectivity index (χ3n) is 5.50. The van der Waals surface area contributed by atoms with Crippen LogP contribution >= 0.6 is 11.3 Å². The number of ether oxygens (including phenoxy) is 2. The van der Waals surface area contributed by atoms with Crippen molar-refractivity contribution in [1.82, 2.24) is 0 Å². The highest BCUT2D eigenvalue weighted by atomic mass is 32.2. The van der Waals surface area contributed by atoms with Gasteiger partial charge in [-0.15, -0.1) is 11.3 Å². The van der Waals surface area contributed by atoms with Crippen LogP contribution in [0.3, 0.4) is 0 Å². The van der Waals surface area contributed by atoms with Gasteiger partial charge in [-0.05, 0) is 54.3 Å². The molecule has 9 heteroatoms. The largest absolute Gasteiger partial charge is 0.486 e. The zero-order valence-electron chi connectivity index (χ0n) is 17.3. The predicted molar refractivity (Wildman–Crippen MR) is 123 cm³/mol. The van der Waals surface area contributed by atoms with Crippen LogP contribution in [0.25, 0.3) is 0 Å². The Hall–Kier alpha value is -3.04. The molecule has 0 saturated carbocycles. The summed E-state index contributed by atoms with van der Waals surface area (Å²) in [6.45, 7) is 1.75. The summed E-state index contributed by atoms with van der Waals surface area (Å²) in [6, 6.07) is 15.5. The van der Waals surface area contributed by atoms with Gasteiger partial charge in [0.1, 0.15) is 13.2 Å². The fraction of sp³-hybridized carbons (Fsp3) is 0.261. The Morgan fingerprint density at radius 1 is 1.00 bits per heavy atom. The van der Waals surface area contributed by atoms with Crippen molar-refractivity contribution < 1.29 is 22.7 Å². The summed E-state index contributed by atoms with van der Waals surface area (Å²) in [6.07, 6.45) is 1.34. The Morgan fingerprint density at radius 2 is 1.78 bits per heavy atom. The second kappa shape index (κ2) is 8.48. The molecule has 7 nitrogen and oxygen atoms in total. The standard InChI is InChI=1S/C23H22N2O5S2/c26-23-4-1-11-24(23)17-5-8-20(9-6-17)32(27,28)25(16-19-3-2-14-31-19)18-7-10-21-22(15-18)30-13-12-29-21/h2-3,5-10,14-15H,1,4,11-13,16H2. The molecule has 1 aromatic heterocycles. The smallest absolute Gasteiger partial charge is 0.264 e. The van der Waals surface area contributed by atoms with Crippen LogP contribution < -0.4 is 18.7 Å². The lowest BCUT2D eigenvalue weighted by atomic mass is 10.2. The molecule has 0 bridgehead atoms. The van der Waals surface area contributed by atoms with E-state index in [0.717, 1.165) is 17.0 Å². The second-order valence-electron chi connectivity index (χ2n) is 7.56. The van der Waals surface area contributed by atoms with Crippen molar-refractivity contribution in [3.05, 3.63) is 64.9 Å². The molecule has 0 atom stereocenters. The molecular formula is C23H22N2O5S2. The number of carbonyl (C=O) groups excluding carboxylic acids is 1. The Labute approximate surface area is 190 Å². The van der Waals surface area contributed by atoms with Gasteiger partial charge < -0.3 is 14.4 Å². The number of nitrogens with zero attached hydrogens (tertiary/aromatic N) is 2. The zero-order valence-corrected chi connectivity index (χ0v) is 18.9. The molecule has 3 aromatic rings. The van der Waals surface area contributed by atoms with E-state index in [2.05, 4.69) is 0 Å². The first-order valence-corrected chi connectivity index (χ1v) is 12.7. The highest BCUT2D eigenvalue weighted by molar-refractivity contribution is 7.92. The number of fused-ring (bicyclic) bond motifs is 1. The molecule has 166 valence electrons. The highest BCUT2D eigenvalue weighted by Gasteiger charge is 2.28. The quantitative estimate of drug-likeness (QED) is 0.544. The van der Waals surface area contributed by atoms with Gasteiger partial charge >= 0.3 is 0 Å². The van der Waals surface area contributed by atoms with Crippen LogP contribution in [0, 0.1) is 0 Å². The van der Waals surface area contributed by atoms with E-state index >= 15 is 0 Å². The summed E-state index contributed by atoms with van der Waals surface area (Å²) in [5, 5.41) is 1.92. The first kappa shape index (κ1) is 20.8. The minimum atomic E-state index is -3.87. The van der Waals surface area contributed by atoms with Gasteiger partial charge in [-0.2, -0.15) is 0 Å². The van der Waals surface area contributed by atoms with Gasteiger partial charge in [-0.25, -0.2) is 8.42 Å². The minimum absolute atomic E-state index is 0.0659. The SMILES string of the molecule is O=C1CCCN1c1ccc(S(=O)(=O)N(Cc2cccs2)c2ccc3c(c2)OCCO3)cc1. The van der Waals surface area contributed by atoms with E-state index in [-0.39, 0.29) is 17.3 Å². The average molecular weight is 471 g/mol. The molecule has 2 aromatic carbocycles. The lowest BCUT2D eigenvalue weighted by Crippen LogP contribution is -2.30. The number of hydrogen-bond acceptors (Lipinski definition) is 6. The summed E-state index contributed by atoms with van der Waals surface area (Å²) in [4.78, 5) is 14.8. The molecule has 0 unspecified atom stereocenters. The molecule has 1 saturated heterocycles. The third-order valence-corrected chi connectivity index (χ3v) is 8.15. The molecular weight excluding hydrogens is 448 g/mol. The molecule has 2 aliphatic heterocycles. The lowest BCUT2D eigenvalue weighted by Gasteiger charge is -2.26. The fourth-order valence-corrected chi connectivity index (χ4v) is 6.10. The van der Waals surface area contributed by atoms with E-state index in [4.69, 9.17) is 9.47 Å². The fourth-order valence-electron chi connectivity index (χ4n) is 3.89. The summed E-state index contributed by atoms with van der Waals surface area (Å²) >= 11 is 1.50. The normalized spacial score (nSPS) is 15.8. The number of amides is 1. The van der Waals surface area contributed by atoms with Crippen LogP contribution in [-0.4, -0.2) is 34.1 Å². The number of benzene rings is 2. The van der Waals surface area contributed by atoms with Crippen LogP contribution in [0.2, 0.25) is 0 Å². The third kappa shape index (κ3) is 3.93. The molecule has 5 rings (SSSR count). The van der Waals surface area contributed by atoms with Crippen LogP contribution in [0.5, 0.6) is 11.5 Å². The zero-order chi connectivity index (χ0) is 22.1. The number of sulfonamides is 1. The first-order chi connectivity index (χ1) is 15.5. The topological polar surface area (TPSA) is 76.2 Å². The predicted octanol–water partition coefficient (Wildman–Crippen LogP) is 4.04. The second-order valence-corrected chi connectivity index (χ2v) is 10.5. The number of thiophene rings is 1. The van der Waals surface area contributed by atoms with Gasteiger partial charge in [-0.3, -0.25) is 9.10 Å². The van der Waals surface area contributed by atoms with Crippen LogP contribution in [0.15, 0.2) is 64.9 Å². The van der Waals surface area contributed by atoms with Crippen molar-refractivity contribution >= 4 is 38.6 Å². The minimum Gasteiger partial charge on any atom is -0.486 e. The van der Waals surface area contributed by atoms with Crippen molar-refractivity contribution in [1.29, 1.82) is 0 Å². The van der Waals surface area contributed by atoms with E-state index in [0.29, 0.717) is 43.4 Å². The molecule has 2 aliphatic rings. The molecule has 0 radical (unpaired) electrons. The first-order valence-electron chi connectivity index (χ1n) is 10.4. The van der Waals surface area contributed by atoms with Crippen molar-refractivity contribution in [2.75, 3.05) is 29.0 Å². The number of rotatable bonds is 6. The summed E-state index contributed by atoms with van der Waals surface area (Å²) < 4.78 is 40.0. The number of anilines is 2. The van der Waals surface area contributed by atoms with Gasteiger partial charge in [0.15, 0.2) is 11.5 Å². The van der Waals surface area contributed by atoms with Gasteiger partial charge in [0.2, 0.25) is 5.91 Å². The van der Waals surface area contributed by atoms with E-state index < -0.39 is 10.0 Å². The maximum atomic E-state index is 13.7. The Bertz CT molecular complexity index is 1220. The van der Waals surface area contributed by atoms with Crippen molar-refractivity contribution in [2.24, 2.45) is 0 Å². The van der Waals surface area contributed by atoms with Crippen LogP contribution in [0.4, 0.5) is 11.4 Å². The maximum absolute atomic E-state index is 13.7. The number of hydrogen-bond donors (Lipinski definition) is 0. The van der Waals surface area contributed by atoms with Gasteiger partial charge in [0.05, 0.1) is 17.1 Å². The Morgan fingerprint density at radius 3 is 2.47 bits per heavy atom. The maximum Gasteiger partial charge on any atom is 0.264 e. The van der Waals surface area contributed by atoms with E-state index in [1.165, 1.54) is 15.6 Å². The molecule has 1 amide bonds. The van der Waals surface area contributed by atoms with E-state index in [9.17, 15) is 13.2 Å². The van der Waals surface area contributed by atoms with E-state index in [1.807, 2.05) is 17.5 Å². The molecule has 32 heavy (non-hydrogen) atoms. The molecule has 0 N–H and O–H groups in total. The molecule has 0 aliphatic carbocycles. The van der Waals surface area contributed by atoms with Crippen LogP contribution in [0.1, 0.15) is 17.7 Å². The summed E-state index contributed by atoms with van der Waals surface area (Å²) in [5.41, 5.74) is 1.22. The molecule has 3 heterocycles. The highest BCUT2D eigenvalue weighted by Crippen LogP contribution is 2.37. The van der Waals surface area contributed by atoms with Crippen molar-refractivity contribution in [2.45, 2.75) is 24.3 Å². The number of carbonyl (C=O) groups is 1. The van der Waals surface area contributed by atoms with Gasteiger partial charge in [0, 0.05) is 29.6 Å². The van der Waals surface area contributed by atoms with Gasteiger partial charge in [0.25, 0.3) is 10.0 Å². The summed E-state index contributed by atoms with van der Waals surface area (Å²) in [5.74, 6) is 1.20. The van der Waals surface area contributed by atoms with Crippen molar-refractivity contribution in [3.8, 4) is 11.5 Å².